The van der Waals surface area contributed by atoms with Crippen molar-refractivity contribution in [2.24, 2.45) is 0 Å². The van der Waals surface area contributed by atoms with Crippen molar-refractivity contribution in [1.29, 1.82) is 0 Å². The fourth-order valence-corrected chi connectivity index (χ4v) is 4.08. The molecule has 0 atom stereocenters. The van der Waals surface area contributed by atoms with Gasteiger partial charge in [0.2, 0.25) is 0 Å². The molecule has 0 spiro atoms. The predicted octanol–water partition coefficient (Wildman–Crippen LogP) is 5.35. The highest BCUT2D eigenvalue weighted by Gasteiger charge is 2.14. The fraction of sp³-hybridized carbons (Fsp3) is 0.429. The lowest BCUT2D eigenvalue weighted by Crippen LogP contribution is -2.05. The van der Waals surface area contributed by atoms with E-state index in [0.717, 1.165) is 23.4 Å². The number of nitrogens with one attached hydrogen (secondary N) is 1. The van der Waals surface area contributed by atoms with Gasteiger partial charge in [0.25, 0.3) is 0 Å². The third-order valence-electron chi connectivity index (χ3n) is 4.30. The number of benzene rings is 2. The molecule has 0 aromatic heterocycles. The van der Waals surface area contributed by atoms with E-state index in [-0.39, 0.29) is 5.75 Å². The largest absolute Gasteiger partial charge is 0.385 e. The van der Waals surface area contributed by atoms with E-state index in [9.17, 15) is 8.42 Å². The average molecular weight is 360 g/mol. The van der Waals surface area contributed by atoms with E-state index >= 15 is 0 Å². The molecular formula is C21H29NO2S. The van der Waals surface area contributed by atoms with Gasteiger partial charge in [0.1, 0.15) is 0 Å². The molecule has 2 rings (SSSR count). The zero-order valence-electron chi connectivity index (χ0n) is 15.3. The van der Waals surface area contributed by atoms with Crippen LogP contribution in [0.1, 0.15) is 50.2 Å². The number of hydrogen-bond acceptors (Lipinski definition) is 3. The van der Waals surface area contributed by atoms with Gasteiger partial charge in [-0.2, -0.15) is 0 Å². The Morgan fingerprint density at radius 2 is 1.48 bits per heavy atom. The van der Waals surface area contributed by atoms with Crippen LogP contribution in [0.25, 0.3) is 0 Å². The molecule has 0 amide bonds. The van der Waals surface area contributed by atoms with Crippen LogP contribution in [0, 0.1) is 6.92 Å². The molecule has 1 N–H and O–H groups in total. The summed E-state index contributed by atoms with van der Waals surface area (Å²) in [7, 11) is -3.29. The number of rotatable bonds is 10. The lowest BCUT2D eigenvalue weighted by Gasteiger charge is -2.08. The van der Waals surface area contributed by atoms with Crippen molar-refractivity contribution in [3.8, 4) is 0 Å². The van der Waals surface area contributed by atoms with Gasteiger partial charge in [-0.25, -0.2) is 8.42 Å². The Morgan fingerprint density at radius 1 is 0.840 bits per heavy atom. The smallest absolute Gasteiger partial charge is 0.182 e. The van der Waals surface area contributed by atoms with Crippen LogP contribution in [-0.4, -0.2) is 15.0 Å². The topological polar surface area (TPSA) is 46.2 Å². The molecular weight excluding hydrogens is 330 g/mol. The summed E-state index contributed by atoms with van der Waals surface area (Å²) < 4.78 is 25.0. The summed E-state index contributed by atoms with van der Waals surface area (Å²) in [5.41, 5.74) is 2.92. The van der Waals surface area contributed by atoms with Gasteiger partial charge in [-0.3, -0.25) is 0 Å². The molecule has 0 saturated carbocycles. The van der Waals surface area contributed by atoms with Gasteiger partial charge in [-0.15, -0.1) is 0 Å². The fourth-order valence-electron chi connectivity index (χ4n) is 2.73. The molecule has 0 aliphatic carbocycles. The lowest BCUT2D eigenvalue weighted by atomic mass is 10.1. The second kappa shape index (κ2) is 9.62. The van der Waals surface area contributed by atoms with Crippen LogP contribution < -0.4 is 5.32 Å². The molecule has 3 nitrogen and oxygen atoms in total. The summed E-state index contributed by atoms with van der Waals surface area (Å²) in [5.74, 6) is 0.0351. The molecule has 0 heterocycles. The van der Waals surface area contributed by atoms with Crippen molar-refractivity contribution in [1.82, 2.24) is 0 Å². The third kappa shape index (κ3) is 6.54. The summed E-state index contributed by atoms with van der Waals surface area (Å²) in [6, 6.07) is 14.7. The molecule has 2 aromatic rings. The van der Waals surface area contributed by atoms with Crippen LogP contribution in [0.2, 0.25) is 0 Å². The van der Waals surface area contributed by atoms with Crippen molar-refractivity contribution in [3.05, 3.63) is 59.7 Å². The van der Waals surface area contributed by atoms with E-state index in [1.54, 1.807) is 12.1 Å². The first-order chi connectivity index (χ1) is 12.0. The van der Waals surface area contributed by atoms with Crippen molar-refractivity contribution in [2.45, 2.75) is 56.6 Å². The molecule has 25 heavy (non-hydrogen) atoms. The van der Waals surface area contributed by atoms with Gasteiger partial charge in [0.15, 0.2) is 9.84 Å². The number of aryl methyl sites for hydroxylation is 1. The maximum absolute atomic E-state index is 12.5. The molecule has 0 unspecified atom stereocenters. The zero-order valence-corrected chi connectivity index (χ0v) is 16.1. The summed E-state index contributed by atoms with van der Waals surface area (Å²) in [6.07, 6.45) is 6.30. The molecule has 0 fully saturated rings. The van der Waals surface area contributed by atoms with Crippen LogP contribution in [0.5, 0.6) is 0 Å². The molecule has 136 valence electrons. The van der Waals surface area contributed by atoms with E-state index in [4.69, 9.17) is 0 Å². The first-order valence-corrected chi connectivity index (χ1v) is 10.8. The molecule has 0 radical (unpaired) electrons. The van der Waals surface area contributed by atoms with E-state index in [1.165, 1.54) is 32.1 Å². The maximum Gasteiger partial charge on any atom is 0.182 e. The quantitative estimate of drug-likeness (QED) is 0.582. The number of anilines is 1. The Hall–Kier alpha value is -1.81. The van der Waals surface area contributed by atoms with E-state index in [2.05, 4.69) is 12.2 Å². The van der Waals surface area contributed by atoms with Crippen LogP contribution in [-0.2, 0) is 15.6 Å². The Balaban J connectivity index is 1.86. The lowest BCUT2D eigenvalue weighted by molar-refractivity contribution is 0.595. The Bertz CT molecular complexity index is 734. The second-order valence-corrected chi connectivity index (χ2v) is 8.60. The van der Waals surface area contributed by atoms with E-state index in [0.29, 0.717) is 4.90 Å². The van der Waals surface area contributed by atoms with Gasteiger partial charge < -0.3 is 5.32 Å². The van der Waals surface area contributed by atoms with Gasteiger partial charge in [0, 0.05) is 12.2 Å². The summed E-state index contributed by atoms with van der Waals surface area (Å²) in [5, 5.41) is 3.40. The third-order valence-corrected chi connectivity index (χ3v) is 6.00. The number of unbranched alkanes of at least 4 members (excludes halogenated alkanes) is 4. The highest BCUT2D eigenvalue weighted by Crippen LogP contribution is 2.18. The van der Waals surface area contributed by atoms with Gasteiger partial charge in [-0.05, 0) is 43.2 Å². The highest BCUT2D eigenvalue weighted by atomic mass is 32.2. The Morgan fingerprint density at radius 3 is 2.12 bits per heavy atom. The molecule has 0 aliphatic heterocycles. The normalized spacial score (nSPS) is 11.4. The monoisotopic (exact) mass is 359 g/mol. The average Bonchev–Trinajstić information content (AvgIpc) is 2.59. The van der Waals surface area contributed by atoms with Gasteiger partial charge >= 0.3 is 0 Å². The Labute approximate surface area is 152 Å². The summed E-state index contributed by atoms with van der Waals surface area (Å²) in [4.78, 5) is 0.382. The minimum Gasteiger partial charge on any atom is -0.385 e. The molecule has 2 aromatic carbocycles. The molecule has 0 bridgehead atoms. The minimum absolute atomic E-state index is 0.0351. The zero-order chi connectivity index (χ0) is 18.1. The van der Waals surface area contributed by atoms with Crippen LogP contribution >= 0.6 is 0 Å². The summed E-state index contributed by atoms with van der Waals surface area (Å²) >= 11 is 0. The molecule has 4 heteroatoms. The molecule has 0 saturated heterocycles. The molecule has 0 aliphatic rings. The van der Waals surface area contributed by atoms with Crippen LogP contribution in [0.15, 0.2) is 53.4 Å². The standard InChI is InChI=1S/C21H29NO2S/c1-3-4-5-6-7-16-22-20-12-10-19(11-13-20)17-25(23,24)21-14-8-18(2)9-15-21/h8-15,22H,3-7,16-17H2,1-2H3. The minimum atomic E-state index is -3.29. The van der Waals surface area contributed by atoms with Crippen molar-refractivity contribution >= 4 is 15.5 Å². The van der Waals surface area contributed by atoms with Crippen LogP contribution in [0.4, 0.5) is 5.69 Å². The number of hydrogen-bond donors (Lipinski definition) is 1. The highest BCUT2D eigenvalue weighted by molar-refractivity contribution is 7.90. The predicted molar refractivity (Wildman–Crippen MR) is 106 cm³/mol. The van der Waals surface area contributed by atoms with Gasteiger partial charge in [0.05, 0.1) is 10.6 Å². The second-order valence-electron chi connectivity index (χ2n) is 6.61. The first kappa shape index (κ1) is 19.5. The van der Waals surface area contributed by atoms with Crippen molar-refractivity contribution in [2.75, 3.05) is 11.9 Å². The Kier molecular flexibility index (Phi) is 7.51. The van der Waals surface area contributed by atoms with Crippen molar-refractivity contribution < 1.29 is 8.42 Å². The first-order valence-electron chi connectivity index (χ1n) is 9.13. The number of sulfone groups is 1. The van der Waals surface area contributed by atoms with E-state index < -0.39 is 9.84 Å². The van der Waals surface area contributed by atoms with Gasteiger partial charge in [-0.1, -0.05) is 62.4 Å². The maximum atomic E-state index is 12.5. The summed E-state index contributed by atoms with van der Waals surface area (Å²) in [6.45, 7) is 5.13. The van der Waals surface area contributed by atoms with Crippen LogP contribution in [0.3, 0.4) is 0 Å². The SMILES string of the molecule is CCCCCCCNc1ccc(CS(=O)(=O)c2ccc(C)cc2)cc1. The van der Waals surface area contributed by atoms with E-state index in [1.807, 2.05) is 43.3 Å². The van der Waals surface area contributed by atoms with Crippen molar-refractivity contribution in [3.63, 3.8) is 0 Å².